The number of fused-ring (bicyclic) bond motifs is 1. The van der Waals surface area contributed by atoms with Gasteiger partial charge in [0.2, 0.25) is 5.91 Å². The summed E-state index contributed by atoms with van der Waals surface area (Å²) in [5, 5.41) is 4.38. The van der Waals surface area contributed by atoms with Gasteiger partial charge in [-0.1, -0.05) is 13.3 Å². The summed E-state index contributed by atoms with van der Waals surface area (Å²) >= 11 is 1.75. The van der Waals surface area contributed by atoms with Gasteiger partial charge in [-0.25, -0.2) is 9.97 Å². The quantitative estimate of drug-likeness (QED) is 0.557. The first kappa shape index (κ1) is 24.9. The topological polar surface area (TPSA) is 64.6 Å². The molecule has 0 saturated carbocycles. The minimum Gasteiger partial charge on any atom is -0.356 e. The molecular weight excluding hydrogens is 456 g/mol. The Morgan fingerprint density at radius 3 is 2.69 bits per heavy atom. The van der Waals surface area contributed by atoms with E-state index in [9.17, 15) is 4.79 Å². The number of aryl methyl sites for hydroxylation is 1. The van der Waals surface area contributed by atoms with Gasteiger partial charge in [0.15, 0.2) is 0 Å². The molecule has 7 nitrogen and oxygen atoms in total. The summed E-state index contributed by atoms with van der Waals surface area (Å²) in [5.41, 5.74) is 0. The Morgan fingerprint density at radius 1 is 1.06 bits per heavy atom. The van der Waals surface area contributed by atoms with Crippen LogP contribution in [0, 0.1) is 5.92 Å². The van der Waals surface area contributed by atoms with E-state index in [2.05, 4.69) is 43.0 Å². The first-order chi connectivity index (χ1) is 17.2. The lowest BCUT2D eigenvalue weighted by Crippen LogP contribution is -2.47. The second-order valence-electron chi connectivity index (χ2n) is 10.6. The van der Waals surface area contributed by atoms with Crippen LogP contribution in [0.3, 0.4) is 0 Å². The van der Waals surface area contributed by atoms with Gasteiger partial charge in [-0.15, -0.1) is 11.3 Å². The van der Waals surface area contributed by atoms with Crippen LogP contribution in [0.1, 0.15) is 63.2 Å². The van der Waals surface area contributed by atoms with Gasteiger partial charge in [0.1, 0.15) is 17.0 Å². The van der Waals surface area contributed by atoms with Crippen molar-refractivity contribution in [1.29, 1.82) is 0 Å². The molecule has 3 aliphatic rings. The van der Waals surface area contributed by atoms with Gasteiger partial charge in [0.25, 0.3) is 0 Å². The van der Waals surface area contributed by atoms with Crippen LogP contribution in [0.15, 0.2) is 12.4 Å². The van der Waals surface area contributed by atoms with E-state index in [0.29, 0.717) is 0 Å². The van der Waals surface area contributed by atoms with Gasteiger partial charge in [-0.3, -0.25) is 4.79 Å². The SMILES string of the molecule is CCc1cc2c(N3CCCC(C(=O)NCCCN4CCC(N5CCCCC5)CC4)C3)ncnc2s1. The van der Waals surface area contributed by atoms with E-state index in [-0.39, 0.29) is 11.8 Å². The molecule has 0 aromatic carbocycles. The van der Waals surface area contributed by atoms with E-state index in [1.54, 1.807) is 17.7 Å². The lowest BCUT2D eigenvalue weighted by atomic mass is 9.97. The van der Waals surface area contributed by atoms with Gasteiger partial charge in [-0.2, -0.15) is 0 Å². The molecule has 2 aromatic rings. The predicted molar refractivity (Wildman–Crippen MR) is 144 cm³/mol. The van der Waals surface area contributed by atoms with Gasteiger partial charge in [-0.05, 0) is 90.2 Å². The molecule has 192 valence electrons. The maximum Gasteiger partial charge on any atom is 0.224 e. The van der Waals surface area contributed by atoms with Crippen molar-refractivity contribution in [3.05, 3.63) is 17.3 Å². The number of thiophene rings is 1. The summed E-state index contributed by atoms with van der Waals surface area (Å²) in [6, 6.07) is 3.04. The van der Waals surface area contributed by atoms with Crippen LogP contribution in [-0.2, 0) is 11.2 Å². The Kier molecular flexibility index (Phi) is 8.52. The fourth-order valence-corrected chi connectivity index (χ4v) is 7.08. The highest BCUT2D eigenvalue weighted by Crippen LogP contribution is 2.32. The number of amides is 1. The normalized spacial score (nSPS) is 23.1. The average molecular weight is 499 g/mol. The smallest absolute Gasteiger partial charge is 0.224 e. The zero-order valence-corrected chi connectivity index (χ0v) is 22.2. The Labute approximate surface area is 214 Å². The molecule has 0 aliphatic carbocycles. The summed E-state index contributed by atoms with van der Waals surface area (Å²) in [6.07, 6.45) is 12.5. The van der Waals surface area contributed by atoms with E-state index < -0.39 is 0 Å². The number of hydrogen-bond donors (Lipinski definition) is 1. The number of rotatable bonds is 8. The van der Waals surface area contributed by atoms with Crippen LogP contribution >= 0.6 is 11.3 Å². The summed E-state index contributed by atoms with van der Waals surface area (Å²) in [5.74, 6) is 1.25. The molecule has 8 heteroatoms. The third kappa shape index (κ3) is 6.15. The second kappa shape index (κ2) is 12.0. The average Bonchev–Trinajstić information content (AvgIpc) is 3.36. The van der Waals surface area contributed by atoms with Crippen molar-refractivity contribution in [2.75, 3.05) is 57.3 Å². The Morgan fingerprint density at radius 2 is 1.89 bits per heavy atom. The monoisotopic (exact) mass is 498 g/mol. The van der Waals surface area contributed by atoms with E-state index in [0.717, 1.165) is 73.9 Å². The van der Waals surface area contributed by atoms with Crippen molar-refractivity contribution in [1.82, 2.24) is 25.1 Å². The molecular formula is C27H42N6OS. The lowest BCUT2D eigenvalue weighted by molar-refractivity contribution is -0.125. The van der Waals surface area contributed by atoms with Crippen molar-refractivity contribution in [2.45, 2.75) is 70.8 Å². The number of carbonyl (C=O) groups excluding carboxylic acids is 1. The third-order valence-electron chi connectivity index (χ3n) is 8.21. The summed E-state index contributed by atoms with van der Waals surface area (Å²) in [7, 11) is 0. The molecule has 3 fully saturated rings. The fraction of sp³-hybridized carbons (Fsp3) is 0.741. The molecule has 3 aliphatic heterocycles. The van der Waals surface area contributed by atoms with Crippen LogP contribution in [0.2, 0.25) is 0 Å². The maximum absolute atomic E-state index is 13.0. The molecule has 2 aromatic heterocycles. The number of hydrogen-bond acceptors (Lipinski definition) is 7. The number of nitrogens with zero attached hydrogens (tertiary/aromatic N) is 5. The van der Waals surface area contributed by atoms with Crippen LogP contribution in [0.4, 0.5) is 5.82 Å². The van der Waals surface area contributed by atoms with Crippen molar-refractivity contribution >= 4 is 33.3 Å². The molecule has 1 N–H and O–H groups in total. The Hall–Kier alpha value is -1.77. The van der Waals surface area contributed by atoms with Crippen molar-refractivity contribution in [3.63, 3.8) is 0 Å². The number of anilines is 1. The molecule has 5 rings (SSSR count). The zero-order chi connectivity index (χ0) is 24.0. The highest BCUT2D eigenvalue weighted by molar-refractivity contribution is 7.18. The minimum absolute atomic E-state index is 0.0401. The summed E-state index contributed by atoms with van der Waals surface area (Å²) in [6.45, 7) is 10.8. The van der Waals surface area contributed by atoms with Crippen molar-refractivity contribution in [2.24, 2.45) is 5.92 Å². The molecule has 5 heterocycles. The molecule has 1 amide bonds. The van der Waals surface area contributed by atoms with Gasteiger partial charge in [0, 0.05) is 30.6 Å². The third-order valence-corrected chi connectivity index (χ3v) is 9.40. The molecule has 0 bridgehead atoms. The van der Waals surface area contributed by atoms with Gasteiger partial charge >= 0.3 is 0 Å². The first-order valence-electron chi connectivity index (χ1n) is 13.9. The van der Waals surface area contributed by atoms with E-state index in [4.69, 9.17) is 0 Å². The molecule has 0 radical (unpaired) electrons. The highest BCUT2D eigenvalue weighted by atomic mass is 32.1. The number of aromatic nitrogens is 2. The lowest BCUT2D eigenvalue weighted by Gasteiger charge is -2.40. The fourth-order valence-electron chi connectivity index (χ4n) is 6.15. The second-order valence-corrected chi connectivity index (χ2v) is 11.7. The summed E-state index contributed by atoms with van der Waals surface area (Å²) < 4.78 is 0. The van der Waals surface area contributed by atoms with Crippen molar-refractivity contribution < 1.29 is 4.79 Å². The number of nitrogens with one attached hydrogen (secondary N) is 1. The molecule has 3 saturated heterocycles. The molecule has 35 heavy (non-hydrogen) atoms. The van der Waals surface area contributed by atoms with Gasteiger partial charge in [0.05, 0.1) is 11.3 Å². The number of piperidine rings is 3. The molecule has 0 spiro atoms. The Balaban J connectivity index is 1.04. The van der Waals surface area contributed by atoms with Crippen LogP contribution in [0.5, 0.6) is 0 Å². The minimum atomic E-state index is 0.0401. The van der Waals surface area contributed by atoms with E-state index in [1.807, 2.05) is 0 Å². The van der Waals surface area contributed by atoms with Crippen molar-refractivity contribution in [3.8, 4) is 0 Å². The van der Waals surface area contributed by atoms with E-state index >= 15 is 0 Å². The first-order valence-corrected chi connectivity index (χ1v) is 14.8. The molecule has 1 unspecified atom stereocenters. The Bertz CT molecular complexity index is 966. The highest BCUT2D eigenvalue weighted by Gasteiger charge is 2.28. The zero-order valence-electron chi connectivity index (χ0n) is 21.4. The predicted octanol–water partition coefficient (Wildman–Crippen LogP) is 3.93. The van der Waals surface area contributed by atoms with Crippen LogP contribution in [-0.4, -0.2) is 84.1 Å². The number of likely N-dealkylation sites (tertiary alicyclic amines) is 2. The standard InChI is InChI=1S/C27H42N6OS/c1-2-23-18-24-25(29-20-30-27(24)35-23)33-15-6-8-21(19-33)26(34)28-11-7-12-31-16-9-22(10-17-31)32-13-4-3-5-14-32/h18,20-22H,2-17,19H2,1H3,(H,28,34). The van der Waals surface area contributed by atoms with Gasteiger partial charge < -0.3 is 20.0 Å². The van der Waals surface area contributed by atoms with E-state index in [1.165, 1.54) is 63.2 Å². The molecule has 1 atom stereocenters. The number of carbonyl (C=O) groups is 1. The maximum atomic E-state index is 13.0. The largest absolute Gasteiger partial charge is 0.356 e. The van der Waals surface area contributed by atoms with Crippen LogP contribution < -0.4 is 10.2 Å². The summed E-state index contributed by atoms with van der Waals surface area (Å²) in [4.78, 5) is 32.1. The van der Waals surface area contributed by atoms with Crippen LogP contribution in [0.25, 0.3) is 10.2 Å².